The maximum absolute atomic E-state index is 14.0. The molecule has 2 amide bonds. The van der Waals surface area contributed by atoms with Crippen LogP contribution in [0.4, 0.5) is 16.3 Å². The summed E-state index contributed by atoms with van der Waals surface area (Å²) in [4.78, 5) is 27.2. The number of anilines is 2. The van der Waals surface area contributed by atoms with Gasteiger partial charge < -0.3 is 15.2 Å². The van der Waals surface area contributed by atoms with Crippen LogP contribution in [0.1, 0.15) is 78.9 Å². The van der Waals surface area contributed by atoms with E-state index in [-0.39, 0.29) is 23.1 Å². The van der Waals surface area contributed by atoms with Gasteiger partial charge in [-0.15, -0.1) is 0 Å². The largest absolute Gasteiger partial charge is 0.360 e. The quantitative estimate of drug-likeness (QED) is 0.139. The van der Waals surface area contributed by atoms with Gasteiger partial charge in [-0.25, -0.2) is 9.48 Å². The van der Waals surface area contributed by atoms with Crippen molar-refractivity contribution in [2.75, 3.05) is 23.7 Å². The van der Waals surface area contributed by atoms with Gasteiger partial charge in [0.1, 0.15) is 17.3 Å². The number of ketones is 1. The molecule has 3 aromatic carbocycles. The van der Waals surface area contributed by atoms with E-state index in [2.05, 4.69) is 41.9 Å². The highest BCUT2D eigenvalue weighted by atomic mass is 16.5. The van der Waals surface area contributed by atoms with Gasteiger partial charge in [0.05, 0.1) is 16.9 Å². The Morgan fingerprint density at radius 3 is 2.29 bits per heavy atom. The number of rotatable bonds is 9. The number of nitrogens with zero attached hydrogens (tertiary/aromatic N) is 3. The number of carbonyl (C=O) groups excluding carboxylic acids is 2. The number of amides is 2. The van der Waals surface area contributed by atoms with E-state index in [1.807, 2.05) is 91.9 Å². The van der Waals surface area contributed by atoms with E-state index >= 15 is 0 Å². The van der Waals surface area contributed by atoms with Crippen LogP contribution in [0.3, 0.4) is 0 Å². The van der Waals surface area contributed by atoms with Gasteiger partial charge in [-0.05, 0) is 81.4 Å². The molecule has 0 aliphatic carbocycles. The van der Waals surface area contributed by atoms with E-state index < -0.39 is 0 Å². The first kappa shape index (κ1) is 32.9. The fourth-order valence-corrected chi connectivity index (χ4v) is 6.41. The molecule has 9 nitrogen and oxygen atoms in total. The molecule has 1 saturated heterocycles. The predicted molar refractivity (Wildman–Crippen MR) is 190 cm³/mol. The van der Waals surface area contributed by atoms with Crippen LogP contribution >= 0.6 is 0 Å². The lowest BCUT2D eigenvalue weighted by Gasteiger charge is -2.31. The van der Waals surface area contributed by atoms with Gasteiger partial charge in [0.15, 0.2) is 5.78 Å². The summed E-state index contributed by atoms with van der Waals surface area (Å²) in [5, 5.41) is 18.5. The van der Waals surface area contributed by atoms with Crippen LogP contribution < -0.4 is 16.0 Å². The number of benzene rings is 3. The molecule has 3 N–H and O–H groups in total. The summed E-state index contributed by atoms with van der Waals surface area (Å²) in [5.74, 6) is 1.50. The van der Waals surface area contributed by atoms with Gasteiger partial charge in [-0.1, -0.05) is 86.1 Å². The van der Waals surface area contributed by atoms with Crippen LogP contribution in [0.5, 0.6) is 0 Å². The van der Waals surface area contributed by atoms with Gasteiger partial charge in [0, 0.05) is 29.2 Å². The maximum atomic E-state index is 14.0. The molecule has 0 radical (unpaired) electrons. The fourth-order valence-electron chi connectivity index (χ4n) is 6.41. The van der Waals surface area contributed by atoms with Crippen molar-refractivity contribution in [2.24, 2.45) is 5.92 Å². The lowest BCUT2D eigenvalue weighted by atomic mass is 9.77. The summed E-state index contributed by atoms with van der Waals surface area (Å²) in [5.41, 5.74) is 6.43. The highest BCUT2D eigenvalue weighted by molar-refractivity contribution is 6.03. The number of nitrogens with one attached hydrogen (secondary N) is 3. The molecule has 1 unspecified atom stereocenters. The molecule has 1 fully saturated rings. The van der Waals surface area contributed by atoms with Gasteiger partial charge in [-0.2, -0.15) is 5.10 Å². The number of carbonyl (C=O) groups is 2. The number of aromatic nitrogens is 3. The zero-order valence-electron chi connectivity index (χ0n) is 28.3. The summed E-state index contributed by atoms with van der Waals surface area (Å²) in [6.07, 6.45) is 2.32. The topological polar surface area (TPSA) is 114 Å². The lowest BCUT2D eigenvalue weighted by Crippen LogP contribution is -2.31. The normalized spacial score (nSPS) is 14.4. The van der Waals surface area contributed by atoms with Crippen LogP contribution in [-0.2, 0) is 5.41 Å². The van der Waals surface area contributed by atoms with Gasteiger partial charge in [-0.3, -0.25) is 10.1 Å². The van der Waals surface area contributed by atoms with Crippen molar-refractivity contribution in [3.63, 3.8) is 0 Å². The standard InChI is InChI=1S/C39H44N6O3/c1-25-11-17-31(18-12-25)45-35(24-34(43-45)39(3,4)5)42-38(47)41-30-15-13-27(14-16-30)32(28-19-21-40-22-20-28)23-33(46)36-26(2)48-44-37(36)29-9-7-6-8-10-29/h6-18,24,28,32,40H,19-23H2,1-5H3,(H2,41,42,47). The van der Waals surface area contributed by atoms with Crippen molar-refractivity contribution in [3.8, 4) is 16.9 Å². The van der Waals surface area contributed by atoms with Gasteiger partial charge >= 0.3 is 6.03 Å². The first-order chi connectivity index (χ1) is 23.1. The number of hydrogen-bond donors (Lipinski definition) is 3. The Hall–Kier alpha value is -5.02. The molecule has 0 spiro atoms. The summed E-state index contributed by atoms with van der Waals surface area (Å²) in [6.45, 7) is 12.0. The Kier molecular flexibility index (Phi) is 9.59. The Labute approximate surface area is 282 Å². The van der Waals surface area contributed by atoms with Gasteiger partial charge in [0.25, 0.3) is 0 Å². The zero-order valence-corrected chi connectivity index (χ0v) is 28.3. The van der Waals surface area contributed by atoms with E-state index in [0.29, 0.717) is 40.9 Å². The van der Waals surface area contributed by atoms with Crippen LogP contribution in [0, 0.1) is 19.8 Å². The van der Waals surface area contributed by atoms with Crippen LogP contribution in [-0.4, -0.2) is 39.8 Å². The molecule has 0 saturated carbocycles. The highest BCUT2D eigenvalue weighted by Gasteiger charge is 2.31. The SMILES string of the molecule is Cc1ccc(-n2nc(C(C)(C)C)cc2NC(=O)Nc2ccc(C(CC(=O)c3c(-c4ccccc4)noc3C)C3CCNCC3)cc2)cc1. The second kappa shape index (κ2) is 14.0. The van der Waals surface area contributed by atoms with Crippen molar-refractivity contribution in [3.05, 3.63) is 113 Å². The summed E-state index contributed by atoms with van der Waals surface area (Å²) in [6, 6.07) is 27.2. The van der Waals surface area contributed by atoms with Crippen molar-refractivity contribution >= 4 is 23.3 Å². The first-order valence-electron chi connectivity index (χ1n) is 16.7. The Bertz CT molecular complexity index is 1860. The van der Waals surface area contributed by atoms with Crippen LogP contribution in [0.15, 0.2) is 89.5 Å². The van der Waals surface area contributed by atoms with Crippen molar-refractivity contribution in [2.45, 2.75) is 65.2 Å². The highest BCUT2D eigenvalue weighted by Crippen LogP contribution is 2.37. The maximum Gasteiger partial charge on any atom is 0.324 e. The molecular formula is C39H44N6O3. The second-order valence-corrected chi connectivity index (χ2v) is 13.8. The molecule has 9 heteroatoms. The minimum absolute atomic E-state index is 0.0140. The number of Topliss-reactive ketones (excluding diaryl/α,β-unsaturated/α-hetero) is 1. The number of hydrogen-bond acceptors (Lipinski definition) is 6. The van der Waals surface area contributed by atoms with Crippen molar-refractivity contribution in [1.82, 2.24) is 20.3 Å². The van der Waals surface area contributed by atoms with E-state index in [4.69, 9.17) is 9.62 Å². The first-order valence-corrected chi connectivity index (χ1v) is 16.7. The molecular weight excluding hydrogens is 600 g/mol. The predicted octanol–water partition coefficient (Wildman–Crippen LogP) is 8.44. The molecule has 1 atom stereocenters. The number of aryl methyl sites for hydroxylation is 2. The van der Waals surface area contributed by atoms with Crippen LogP contribution in [0.2, 0.25) is 0 Å². The third-order valence-corrected chi connectivity index (χ3v) is 9.14. The van der Waals surface area contributed by atoms with E-state index in [1.165, 1.54) is 0 Å². The van der Waals surface area contributed by atoms with E-state index in [0.717, 1.165) is 54.0 Å². The third kappa shape index (κ3) is 7.42. The summed E-state index contributed by atoms with van der Waals surface area (Å²) < 4.78 is 7.29. The molecule has 5 aromatic rings. The Balaban J connectivity index is 1.20. The average molecular weight is 645 g/mol. The third-order valence-electron chi connectivity index (χ3n) is 9.14. The zero-order chi connectivity index (χ0) is 33.8. The Morgan fingerprint density at radius 1 is 0.938 bits per heavy atom. The average Bonchev–Trinajstić information content (AvgIpc) is 3.69. The number of piperidine rings is 1. The molecule has 48 heavy (non-hydrogen) atoms. The summed E-state index contributed by atoms with van der Waals surface area (Å²) in [7, 11) is 0. The fraction of sp³-hybridized carbons (Fsp3) is 0.333. The van der Waals surface area contributed by atoms with Crippen molar-refractivity contribution < 1.29 is 14.1 Å². The summed E-state index contributed by atoms with van der Waals surface area (Å²) >= 11 is 0. The van der Waals surface area contributed by atoms with E-state index in [9.17, 15) is 9.59 Å². The molecule has 6 rings (SSSR count). The number of urea groups is 1. The molecule has 1 aliphatic heterocycles. The molecule has 0 bridgehead atoms. The molecule has 248 valence electrons. The second-order valence-electron chi connectivity index (χ2n) is 13.8. The van der Waals surface area contributed by atoms with Crippen molar-refractivity contribution in [1.29, 1.82) is 0 Å². The Morgan fingerprint density at radius 2 is 1.62 bits per heavy atom. The minimum Gasteiger partial charge on any atom is -0.360 e. The molecule has 2 aromatic heterocycles. The van der Waals surface area contributed by atoms with E-state index in [1.54, 1.807) is 11.6 Å². The lowest BCUT2D eigenvalue weighted by molar-refractivity contribution is 0.0958. The minimum atomic E-state index is -0.363. The van der Waals surface area contributed by atoms with Gasteiger partial charge in [0.2, 0.25) is 0 Å². The van der Waals surface area contributed by atoms with Crippen LogP contribution in [0.25, 0.3) is 16.9 Å². The molecule has 1 aliphatic rings. The smallest absolute Gasteiger partial charge is 0.324 e. The monoisotopic (exact) mass is 644 g/mol. The molecule has 3 heterocycles.